The molecule has 2 rings (SSSR count). The zero-order valence-corrected chi connectivity index (χ0v) is 12.3. The minimum atomic E-state index is 0.115. The Hall–Kier alpha value is -0.540. The van der Waals surface area contributed by atoms with E-state index in [9.17, 15) is 0 Å². The first kappa shape index (κ1) is 12.9. The van der Waals surface area contributed by atoms with E-state index in [0.29, 0.717) is 0 Å². The molecule has 0 bridgehead atoms. The van der Waals surface area contributed by atoms with Crippen LogP contribution in [-0.2, 0) is 0 Å². The molecule has 0 spiro atoms. The summed E-state index contributed by atoms with van der Waals surface area (Å²) >= 11 is 3.55. The van der Waals surface area contributed by atoms with Gasteiger partial charge in [0, 0.05) is 17.9 Å². The predicted molar refractivity (Wildman–Crippen MR) is 74.3 cm³/mol. The molecule has 1 aliphatic carbocycles. The van der Waals surface area contributed by atoms with E-state index in [1.165, 1.54) is 5.56 Å². The molecule has 94 valence electrons. The average Bonchev–Trinajstić information content (AvgIpc) is 2.30. The van der Waals surface area contributed by atoms with Crippen LogP contribution in [0.5, 0.6) is 5.75 Å². The maximum Gasteiger partial charge on any atom is 0.133 e. The fraction of sp³-hybridized carbons (Fsp3) is 0.571. The predicted octanol–water partition coefficient (Wildman–Crippen LogP) is 3.65. The minimum absolute atomic E-state index is 0.115. The summed E-state index contributed by atoms with van der Waals surface area (Å²) in [6, 6.07) is 6.44. The van der Waals surface area contributed by atoms with Crippen LogP contribution in [0.15, 0.2) is 22.7 Å². The maximum absolute atomic E-state index is 6.09. The molecule has 3 heteroatoms. The van der Waals surface area contributed by atoms with Crippen molar-refractivity contribution in [2.45, 2.75) is 45.8 Å². The monoisotopic (exact) mass is 297 g/mol. The summed E-state index contributed by atoms with van der Waals surface area (Å²) in [6.07, 6.45) is 2.24. The molecule has 1 aromatic rings. The lowest BCUT2D eigenvalue weighted by molar-refractivity contribution is -0.0564. The number of nitrogens with two attached hydrogens (primary N) is 1. The molecule has 17 heavy (non-hydrogen) atoms. The number of rotatable bonds is 3. The van der Waals surface area contributed by atoms with E-state index in [4.69, 9.17) is 10.5 Å². The smallest absolute Gasteiger partial charge is 0.133 e. The van der Waals surface area contributed by atoms with Crippen molar-refractivity contribution in [3.63, 3.8) is 0 Å². The molecule has 0 aliphatic heterocycles. The normalized spacial score (nSPS) is 32.1. The van der Waals surface area contributed by atoms with Gasteiger partial charge in [-0.25, -0.2) is 0 Å². The van der Waals surface area contributed by atoms with Gasteiger partial charge in [0.2, 0.25) is 0 Å². The SMILES string of the molecule is CCC1(C)C(N)CC1Oc1ccc(C)cc1Br. The van der Waals surface area contributed by atoms with Gasteiger partial charge in [0.05, 0.1) is 4.47 Å². The van der Waals surface area contributed by atoms with Gasteiger partial charge in [-0.05, 0) is 47.0 Å². The summed E-state index contributed by atoms with van der Waals surface area (Å²) in [5, 5.41) is 0. The van der Waals surface area contributed by atoms with Crippen LogP contribution in [0.3, 0.4) is 0 Å². The van der Waals surface area contributed by atoms with E-state index in [2.05, 4.69) is 48.8 Å². The van der Waals surface area contributed by atoms with Gasteiger partial charge in [-0.15, -0.1) is 0 Å². The maximum atomic E-state index is 6.09. The zero-order chi connectivity index (χ0) is 12.6. The highest BCUT2D eigenvalue weighted by molar-refractivity contribution is 9.10. The third kappa shape index (κ3) is 2.23. The van der Waals surface area contributed by atoms with E-state index < -0.39 is 0 Å². The third-order valence-electron chi connectivity index (χ3n) is 4.17. The van der Waals surface area contributed by atoms with Gasteiger partial charge in [0.15, 0.2) is 0 Å². The molecule has 0 radical (unpaired) electrons. The molecule has 3 unspecified atom stereocenters. The van der Waals surface area contributed by atoms with Crippen molar-refractivity contribution in [3.05, 3.63) is 28.2 Å². The summed E-state index contributed by atoms with van der Waals surface area (Å²) in [4.78, 5) is 0. The van der Waals surface area contributed by atoms with Gasteiger partial charge < -0.3 is 10.5 Å². The lowest BCUT2D eigenvalue weighted by Gasteiger charge is -2.51. The second kappa shape index (κ2) is 4.62. The molecule has 1 aromatic carbocycles. The topological polar surface area (TPSA) is 35.2 Å². The van der Waals surface area contributed by atoms with E-state index in [1.54, 1.807) is 0 Å². The van der Waals surface area contributed by atoms with Crippen molar-refractivity contribution in [3.8, 4) is 5.75 Å². The molecule has 2 nitrogen and oxygen atoms in total. The third-order valence-corrected chi connectivity index (χ3v) is 4.79. The first-order valence-corrected chi connectivity index (χ1v) is 6.95. The second-order valence-corrected chi connectivity index (χ2v) is 6.10. The van der Waals surface area contributed by atoms with Crippen LogP contribution in [-0.4, -0.2) is 12.1 Å². The van der Waals surface area contributed by atoms with Crippen molar-refractivity contribution in [2.75, 3.05) is 0 Å². The van der Waals surface area contributed by atoms with Gasteiger partial charge in [0.1, 0.15) is 11.9 Å². The van der Waals surface area contributed by atoms with Gasteiger partial charge >= 0.3 is 0 Å². The Morgan fingerprint density at radius 1 is 1.53 bits per heavy atom. The zero-order valence-electron chi connectivity index (χ0n) is 10.7. The van der Waals surface area contributed by atoms with E-state index in [-0.39, 0.29) is 17.6 Å². The van der Waals surface area contributed by atoms with Gasteiger partial charge in [-0.2, -0.15) is 0 Å². The van der Waals surface area contributed by atoms with Crippen LogP contribution < -0.4 is 10.5 Å². The van der Waals surface area contributed by atoms with Crippen LogP contribution in [0.25, 0.3) is 0 Å². The average molecular weight is 298 g/mol. The number of hydrogen-bond donors (Lipinski definition) is 1. The van der Waals surface area contributed by atoms with E-state index in [0.717, 1.165) is 23.1 Å². The van der Waals surface area contributed by atoms with Crippen molar-refractivity contribution >= 4 is 15.9 Å². The Kier molecular flexibility index (Phi) is 3.50. The molecular formula is C14H20BrNO. The molecular weight excluding hydrogens is 278 g/mol. The molecule has 2 N–H and O–H groups in total. The van der Waals surface area contributed by atoms with Gasteiger partial charge in [-0.1, -0.05) is 19.9 Å². The summed E-state index contributed by atoms with van der Waals surface area (Å²) in [5.41, 5.74) is 7.43. The van der Waals surface area contributed by atoms with E-state index >= 15 is 0 Å². The molecule has 0 aromatic heterocycles. The number of benzene rings is 1. The Labute approximate surface area is 112 Å². The number of aryl methyl sites for hydroxylation is 1. The first-order chi connectivity index (χ1) is 7.97. The highest BCUT2D eigenvalue weighted by atomic mass is 79.9. The Morgan fingerprint density at radius 2 is 2.24 bits per heavy atom. The van der Waals surface area contributed by atoms with Gasteiger partial charge in [0.25, 0.3) is 0 Å². The largest absolute Gasteiger partial charge is 0.489 e. The lowest BCUT2D eigenvalue weighted by Crippen LogP contribution is -2.61. The van der Waals surface area contributed by atoms with Crippen LogP contribution >= 0.6 is 15.9 Å². The molecule has 3 atom stereocenters. The molecule has 1 fully saturated rings. The summed E-state index contributed by atoms with van der Waals surface area (Å²) in [7, 11) is 0. The van der Waals surface area contributed by atoms with Crippen molar-refractivity contribution in [1.29, 1.82) is 0 Å². The molecule has 0 amide bonds. The summed E-state index contributed by atoms with van der Waals surface area (Å²) in [5.74, 6) is 0.923. The second-order valence-electron chi connectivity index (χ2n) is 5.24. The Morgan fingerprint density at radius 3 is 2.76 bits per heavy atom. The van der Waals surface area contributed by atoms with Crippen molar-refractivity contribution in [2.24, 2.45) is 11.1 Å². The number of hydrogen-bond acceptors (Lipinski definition) is 2. The van der Waals surface area contributed by atoms with Crippen LogP contribution in [0, 0.1) is 12.3 Å². The van der Waals surface area contributed by atoms with E-state index in [1.807, 2.05) is 6.07 Å². The fourth-order valence-electron chi connectivity index (χ4n) is 2.37. The first-order valence-electron chi connectivity index (χ1n) is 6.15. The molecule has 1 aliphatic rings. The van der Waals surface area contributed by atoms with Crippen LogP contribution in [0.4, 0.5) is 0 Å². The van der Waals surface area contributed by atoms with Crippen LogP contribution in [0.2, 0.25) is 0 Å². The Bertz CT molecular complexity index is 421. The Balaban J connectivity index is 2.12. The number of ether oxygens (including phenoxy) is 1. The highest BCUT2D eigenvalue weighted by Gasteiger charge is 2.50. The van der Waals surface area contributed by atoms with Crippen molar-refractivity contribution in [1.82, 2.24) is 0 Å². The standard InChI is InChI=1S/C14H20BrNO/c1-4-14(3)12(16)8-13(14)17-11-6-5-9(2)7-10(11)15/h5-7,12-13H,4,8,16H2,1-3H3. The minimum Gasteiger partial charge on any atom is -0.489 e. The fourth-order valence-corrected chi connectivity index (χ4v) is 2.96. The molecule has 1 saturated carbocycles. The molecule has 0 heterocycles. The summed E-state index contributed by atoms with van der Waals surface area (Å²) in [6.45, 7) is 6.47. The quantitative estimate of drug-likeness (QED) is 0.924. The highest BCUT2D eigenvalue weighted by Crippen LogP contribution is 2.45. The molecule has 0 saturated heterocycles. The van der Waals surface area contributed by atoms with Crippen LogP contribution in [0.1, 0.15) is 32.3 Å². The number of halogens is 1. The lowest BCUT2D eigenvalue weighted by atomic mass is 9.62. The van der Waals surface area contributed by atoms with Gasteiger partial charge in [-0.3, -0.25) is 0 Å². The summed E-state index contributed by atoms with van der Waals surface area (Å²) < 4.78 is 7.11. The van der Waals surface area contributed by atoms with Crippen molar-refractivity contribution < 1.29 is 4.74 Å².